The van der Waals surface area contributed by atoms with Crippen LogP contribution in [-0.4, -0.2) is 17.1 Å². The van der Waals surface area contributed by atoms with Crippen molar-refractivity contribution in [3.05, 3.63) is 73.0 Å². The molecule has 1 atom stereocenters. The van der Waals surface area contributed by atoms with Gasteiger partial charge in [0.15, 0.2) is 0 Å². The van der Waals surface area contributed by atoms with Crippen LogP contribution in [0.2, 0.25) is 0 Å². The lowest BCUT2D eigenvalue weighted by atomic mass is 10.1. The molecule has 31 heavy (non-hydrogen) atoms. The average molecular weight is 565 g/mol. The van der Waals surface area contributed by atoms with Gasteiger partial charge in [-0.3, -0.25) is 9.36 Å². The van der Waals surface area contributed by atoms with Gasteiger partial charge in [-0.2, -0.15) is 0 Å². The number of halogens is 3. The van der Waals surface area contributed by atoms with Gasteiger partial charge in [-0.1, -0.05) is 31.9 Å². The normalized spacial score (nSPS) is 14.8. The number of hydrogen-bond acceptors (Lipinski definition) is 4. The van der Waals surface area contributed by atoms with Crippen molar-refractivity contribution in [2.24, 2.45) is 0 Å². The minimum Gasteiger partial charge on any atom is -0.465 e. The maximum absolute atomic E-state index is 15.0. The molecule has 0 radical (unpaired) electrons. The standard InChI is InChI=1S/C23H16Br2FNO3S/c1-12(28)29-7-6-16-3-5-21(31-16)23-27-18-4-2-14(24)8-13(18)9-19(27)22-17(26)10-15(25)11-20(22)30-23/h2-5,8-11,23H,6-7H2,1H3. The molecule has 1 unspecified atom stereocenters. The van der Waals surface area contributed by atoms with Gasteiger partial charge in [0.25, 0.3) is 0 Å². The molecular weight excluding hydrogens is 549 g/mol. The SMILES string of the molecule is CC(=O)OCCc1ccc(C2Oc3cc(Br)cc(F)c3-c3cc4cc(Br)ccc4n32)s1. The second kappa shape index (κ2) is 8.07. The van der Waals surface area contributed by atoms with Crippen molar-refractivity contribution in [3.63, 3.8) is 0 Å². The summed E-state index contributed by atoms with van der Waals surface area (Å²) in [6.45, 7) is 1.75. The van der Waals surface area contributed by atoms with E-state index in [1.807, 2.05) is 41.0 Å². The molecule has 8 heteroatoms. The Bertz CT molecular complexity index is 1330. The van der Waals surface area contributed by atoms with E-state index in [0.29, 0.717) is 28.8 Å². The van der Waals surface area contributed by atoms with Crippen LogP contribution in [0.1, 0.15) is 22.9 Å². The lowest BCUT2D eigenvalue weighted by Gasteiger charge is -2.29. The summed E-state index contributed by atoms with van der Waals surface area (Å²) in [5, 5.41) is 1.000. The maximum atomic E-state index is 15.0. The molecule has 0 spiro atoms. The summed E-state index contributed by atoms with van der Waals surface area (Å²) in [4.78, 5) is 13.1. The monoisotopic (exact) mass is 563 g/mol. The van der Waals surface area contributed by atoms with Gasteiger partial charge in [0, 0.05) is 32.6 Å². The van der Waals surface area contributed by atoms with E-state index in [1.165, 1.54) is 13.0 Å². The van der Waals surface area contributed by atoms with E-state index in [9.17, 15) is 9.18 Å². The van der Waals surface area contributed by atoms with Gasteiger partial charge in [0.05, 0.1) is 28.3 Å². The Labute approximate surface area is 198 Å². The maximum Gasteiger partial charge on any atom is 0.302 e. The summed E-state index contributed by atoms with van der Waals surface area (Å²) in [7, 11) is 0. The van der Waals surface area contributed by atoms with Crippen LogP contribution >= 0.6 is 43.2 Å². The number of ether oxygens (including phenoxy) is 2. The number of nitrogens with zero attached hydrogens (tertiary/aromatic N) is 1. The van der Waals surface area contributed by atoms with Gasteiger partial charge in [-0.05, 0) is 48.5 Å². The van der Waals surface area contributed by atoms with Gasteiger partial charge in [-0.25, -0.2) is 4.39 Å². The largest absolute Gasteiger partial charge is 0.465 e. The first-order chi connectivity index (χ1) is 14.9. The number of aromatic nitrogens is 1. The van der Waals surface area contributed by atoms with E-state index in [1.54, 1.807) is 17.4 Å². The molecule has 4 nitrogen and oxygen atoms in total. The molecule has 0 saturated heterocycles. The third-order valence-corrected chi connectivity index (χ3v) is 7.26. The minimum absolute atomic E-state index is 0.286. The van der Waals surface area contributed by atoms with Crippen LogP contribution in [0.4, 0.5) is 4.39 Å². The zero-order valence-electron chi connectivity index (χ0n) is 16.3. The Balaban J connectivity index is 1.62. The smallest absolute Gasteiger partial charge is 0.302 e. The van der Waals surface area contributed by atoms with E-state index in [4.69, 9.17) is 9.47 Å². The van der Waals surface area contributed by atoms with E-state index in [2.05, 4.69) is 31.9 Å². The fourth-order valence-electron chi connectivity index (χ4n) is 3.86. The van der Waals surface area contributed by atoms with Crippen LogP contribution in [0.15, 0.2) is 57.5 Å². The minimum atomic E-state index is -0.428. The van der Waals surface area contributed by atoms with Crippen molar-refractivity contribution in [2.45, 2.75) is 19.6 Å². The molecule has 2 aromatic heterocycles. The molecule has 0 fully saturated rings. The number of carbonyl (C=O) groups excluding carboxylic acids is 1. The van der Waals surface area contributed by atoms with Crippen LogP contribution in [0.25, 0.3) is 22.2 Å². The number of carbonyl (C=O) groups is 1. The molecule has 1 aliphatic rings. The Hall–Kier alpha value is -2.16. The summed E-state index contributed by atoms with van der Waals surface area (Å²) in [5.41, 5.74) is 2.20. The highest BCUT2D eigenvalue weighted by molar-refractivity contribution is 9.10. The van der Waals surface area contributed by atoms with Crippen LogP contribution < -0.4 is 4.74 Å². The van der Waals surface area contributed by atoms with Crippen molar-refractivity contribution in [1.29, 1.82) is 0 Å². The van der Waals surface area contributed by atoms with Crippen molar-refractivity contribution in [1.82, 2.24) is 4.57 Å². The highest BCUT2D eigenvalue weighted by atomic mass is 79.9. The average Bonchev–Trinajstić information content (AvgIpc) is 3.30. The molecule has 3 heterocycles. The van der Waals surface area contributed by atoms with Crippen LogP contribution in [0.5, 0.6) is 5.75 Å². The van der Waals surface area contributed by atoms with Crippen LogP contribution in [0, 0.1) is 5.82 Å². The predicted octanol–water partition coefficient (Wildman–Crippen LogP) is 7.08. The molecule has 5 rings (SSSR count). The third-order valence-electron chi connectivity index (χ3n) is 5.13. The Kier molecular flexibility index (Phi) is 5.40. The highest BCUT2D eigenvalue weighted by Crippen LogP contribution is 2.47. The number of rotatable bonds is 4. The van der Waals surface area contributed by atoms with Gasteiger partial charge >= 0.3 is 5.97 Å². The number of hydrogen-bond donors (Lipinski definition) is 0. The molecule has 158 valence electrons. The molecule has 0 bridgehead atoms. The first-order valence-corrected chi connectivity index (χ1v) is 12.0. The zero-order chi connectivity index (χ0) is 21.7. The number of benzene rings is 2. The molecule has 0 N–H and O–H groups in total. The summed E-state index contributed by atoms with van der Waals surface area (Å²) in [5.74, 6) is -0.119. The molecule has 0 saturated carbocycles. The summed E-state index contributed by atoms with van der Waals surface area (Å²) < 4.78 is 30.0. The summed E-state index contributed by atoms with van der Waals surface area (Å²) in [6.07, 6.45) is 0.210. The van der Waals surface area contributed by atoms with Gasteiger partial charge in [-0.15, -0.1) is 11.3 Å². The predicted molar refractivity (Wildman–Crippen MR) is 126 cm³/mol. The van der Waals surface area contributed by atoms with Crippen molar-refractivity contribution < 1.29 is 18.7 Å². The molecule has 0 amide bonds. The van der Waals surface area contributed by atoms with Gasteiger partial charge in [0.1, 0.15) is 11.6 Å². The van der Waals surface area contributed by atoms with Gasteiger partial charge < -0.3 is 9.47 Å². The van der Waals surface area contributed by atoms with E-state index < -0.39 is 6.23 Å². The molecule has 2 aromatic carbocycles. The third kappa shape index (κ3) is 3.81. The van der Waals surface area contributed by atoms with E-state index in [-0.39, 0.29) is 11.8 Å². The topological polar surface area (TPSA) is 40.5 Å². The lowest BCUT2D eigenvalue weighted by Crippen LogP contribution is -2.21. The molecule has 1 aliphatic heterocycles. The van der Waals surface area contributed by atoms with Gasteiger partial charge in [0.2, 0.25) is 6.23 Å². The molecule has 4 aromatic rings. The van der Waals surface area contributed by atoms with Crippen molar-refractivity contribution in [3.8, 4) is 17.0 Å². The number of esters is 1. The molecule has 0 aliphatic carbocycles. The fourth-order valence-corrected chi connectivity index (χ4v) is 5.66. The van der Waals surface area contributed by atoms with Crippen molar-refractivity contribution >= 4 is 60.1 Å². The highest BCUT2D eigenvalue weighted by Gasteiger charge is 2.32. The number of fused-ring (bicyclic) bond motifs is 5. The Morgan fingerprint density at radius 3 is 2.81 bits per heavy atom. The first kappa shape index (κ1) is 20.7. The summed E-state index contributed by atoms with van der Waals surface area (Å²) in [6, 6.07) is 15.3. The van der Waals surface area contributed by atoms with Crippen LogP contribution in [-0.2, 0) is 16.0 Å². The van der Waals surface area contributed by atoms with Crippen LogP contribution in [0.3, 0.4) is 0 Å². The summed E-state index contributed by atoms with van der Waals surface area (Å²) >= 11 is 8.50. The van der Waals surface area contributed by atoms with E-state index >= 15 is 0 Å². The lowest BCUT2D eigenvalue weighted by molar-refractivity contribution is -0.140. The Morgan fingerprint density at radius 1 is 1.16 bits per heavy atom. The fraction of sp³-hybridized carbons (Fsp3) is 0.174. The molecular formula is C23H16Br2FNO3S. The first-order valence-electron chi connectivity index (χ1n) is 9.59. The Morgan fingerprint density at radius 2 is 2.00 bits per heavy atom. The quantitative estimate of drug-likeness (QED) is 0.249. The second-order valence-corrected chi connectivity index (χ2v) is 10.3. The second-order valence-electron chi connectivity index (χ2n) is 7.23. The zero-order valence-corrected chi connectivity index (χ0v) is 20.3. The number of thiophene rings is 1. The van der Waals surface area contributed by atoms with Crippen molar-refractivity contribution in [2.75, 3.05) is 6.61 Å². The van der Waals surface area contributed by atoms with E-state index in [0.717, 1.165) is 30.8 Å².